The van der Waals surface area contributed by atoms with Crippen LogP contribution in [0.5, 0.6) is 0 Å². The summed E-state index contributed by atoms with van der Waals surface area (Å²) in [5.74, 6) is 2.03. The van der Waals surface area contributed by atoms with E-state index in [0.717, 1.165) is 50.1 Å². The number of aromatic nitrogens is 1. The van der Waals surface area contributed by atoms with Crippen molar-refractivity contribution in [2.75, 3.05) is 44.2 Å². The molecular weight excluding hydrogens is 501 g/mol. The molecule has 1 aromatic heterocycles. The Bertz CT molecular complexity index is 851. The van der Waals surface area contributed by atoms with Crippen LogP contribution in [0.25, 0.3) is 0 Å². The second-order valence-electron chi connectivity index (χ2n) is 8.05. The minimum Gasteiger partial charge on any atom is -0.370 e. The first-order chi connectivity index (χ1) is 14.7. The average molecular weight is 535 g/mol. The fraction of sp³-hybridized carbons (Fsp3) is 0.500. The molecule has 0 saturated carbocycles. The van der Waals surface area contributed by atoms with Crippen LogP contribution in [0.3, 0.4) is 0 Å². The van der Waals surface area contributed by atoms with Crippen molar-refractivity contribution in [1.82, 2.24) is 15.2 Å². The quantitative estimate of drug-likeness (QED) is 0.355. The van der Waals surface area contributed by atoms with Gasteiger partial charge in [-0.1, -0.05) is 30.3 Å². The molecule has 1 atom stereocenters. The van der Waals surface area contributed by atoms with Gasteiger partial charge < -0.3 is 19.9 Å². The Kier molecular flexibility index (Phi) is 8.95. The van der Waals surface area contributed by atoms with Crippen molar-refractivity contribution in [1.29, 1.82) is 0 Å². The Morgan fingerprint density at radius 3 is 2.68 bits per heavy atom. The highest BCUT2D eigenvalue weighted by Crippen LogP contribution is 2.25. The molecule has 2 saturated heterocycles. The summed E-state index contributed by atoms with van der Waals surface area (Å²) in [5, 5.41) is 3.46. The van der Waals surface area contributed by atoms with Crippen molar-refractivity contribution in [2.45, 2.75) is 39.3 Å². The number of anilines is 1. The normalized spacial score (nSPS) is 19.3. The molecule has 2 aliphatic heterocycles. The Balaban J connectivity index is 0.00000272. The lowest BCUT2D eigenvalue weighted by molar-refractivity contribution is -0.00834. The van der Waals surface area contributed by atoms with E-state index >= 15 is 0 Å². The molecule has 2 aliphatic rings. The van der Waals surface area contributed by atoms with Gasteiger partial charge in [-0.15, -0.1) is 24.0 Å². The van der Waals surface area contributed by atoms with Crippen LogP contribution in [0.2, 0.25) is 0 Å². The lowest BCUT2D eigenvalue weighted by atomic mass is 10.0. The van der Waals surface area contributed by atoms with Crippen molar-refractivity contribution < 1.29 is 4.74 Å². The van der Waals surface area contributed by atoms with Gasteiger partial charge in [0.15, 0.2) is 5.96 Å². The molecule has 0 aliphatic carbocycles. The van der Waals surface area contributed by atoms with Crippen molar-refractivity contribution in [3.63, 3.8) is 0 Å². The van der Waals surface area contributed by atoms with Gasteiger partial charge in [0.25, 0.3) is 0 Å². The minimum absolute atomic E-state index is 0. The van der Waals surface area contributed by atoms with Crippen molar-refractivity contribution in [2.24, 2.45) is 4.99 Å². The third kappa shape index (κ3) is 6.10. The van der Waals surface area contributed by atoms with E-state index in [-0.39, 0.29) is 30.1 Å². The third-order valence-electron chi connectivity index (χ3n) is 5.89. The number of benzene rings is 1. The summed E-state index contributed by atoms with van der Waals surface area (Å²) >= 11 is 0. The number of aliphatic imine (C=N–C) groups is 1. The van der Waals surface area contributed by atoms with E-state index in [0.29, 0.717) is 13.2 Å². The summed E-state index contributed by atoms with van der Waals surface area (Å²) in [6, 6.07) is 12.8. The predicted octanol–water partition coefficient (Wildman–Crippen LogP) is 4.15. The molecule has 3 heterocycles. The molecule has 4 rings (SSSR count). The number of halogens is 1. The van der Waals surface area contributed by atoms with E-state index < -0.39 is 0 Å². The number of guanidine groups is 1. The van der Waals surface area contributed by atoms with Crippen LogP contribution in [0.1, 0.15) is 42.6 Å². The molecular formula is C24H34IN5O. The fourth-order valence-electron chi connectivity index (χ4n) is 4.21. The summed E-state index contributed by atoms with van der Waals surface area (Å²) in [6.45, 7) is 10.3. The predicted molar refractivity (Wildman–Crippen MR) is 137 cm³/mol. The SMILES string of the molecule is CCNC(=NCc1ccc(N2CCCC2)nc1)N1CCOC(c2ccccc2C)C1.I. The van der Waals surface area contributed by atoms with Crippen LogP contribution in [0, 0.1) is 6.92 Å². The van der Waals surface area contributed by atoms with Crippen molar-refractivity contribution in [3.8, 4) is 0 Å². The van der Waals surface area contributed by atoms with Crippen molar-refractivity contribution >= 4 is 35.8 Å². The van der Waals surface area contributed by atoms with E-state index in [1.807, 2.05) is 6.20 Å². The number of nitrogens with one attached hydrogen (secondary N) is 1. The van der Waals surface area contributed by atoms with Crippen LogP contribution >= 0.6 is 24.0 Å². The van der Waals surface area contributed by atoms with Gasteiger partial charge in [-0.3, -0.25) is 0 Å². The average Bonchev–Trinajstić information content (AvgIpc) is 3.32. The molecule has 0 radical (unpaired) electrons. The number of ether oxygens (including phenoxy) is 1. The van der Waals surface area contributed by atoms with Gasteiger partial charge in [0.2, 0.25) is 0 Å². The molecule has 1 unspecified atom stereocenters. The van der Waals surface area contributed by atoms with E-state index in [2.05, 4.69) is 70.3 Å². The summed E-state index contributed by atoms with van der Waals surface area (Å²) in [5.41, 5.74) is 3.67. The van der Waals surface area contributed by atoms with Crippen molar-refractivity contribution in [3.05, 3.63) is 59.3 Å². The number of nitrogens with zero attached hydrogens (tertiary/aromatic N) is 4. The highest BCUT2D eigenvalue weighted by Gasteiger charge is 2.25. The fourth-order valence-corrected chi connectivity index (χ4v) is 4.21. The van der Waals surface area contributed by atoms with Crippen LogP contribution in [-0.4, -0.2) is 55.2 Å². The molecule has 1 aromatic carbocycles. The zero-order valence-electron chi connectivity index (χ0n) is 18.6. The molecule has 31 heavy (non-hydrogen) atoms. The first-order valence-electron chi connectivity index (χ1n) is 11.1. The smallest absolute Gasteiger partial charge is 0.194 e. The molecule has 6 nitrogen and oxygen atoms in total. The molecule has 168 valence electrons. The zero-order chi connectivity index (χ0) is 20.8. The number of aryl methyl sites for hydroxylation is 1. The van der Waals surface area contributed by atoms with Crippen LogP contribution in [0.4, 0.5) is 5.82 Å². The maximum atomic E-state index is 6.09. The first kappa shape index (κ1) is 23.8. The highest BCUT2D eigenvalue weighted by molar-refractivity contribution is 14.0. The Morgan fingerprint density at radius 2 is 1.97 bits per heavy atom. The molecule has 0 amide bonds. The largest absolute Gasteiger partial charge is 0.370 e. The Hall–Kier alpha value is -1.87. The molecule has 0 bridgehead atoms. The zero-order valence-corrected chi connectivity index (χ0v) is 20.9. The van der Waals surface area contributed by atoms with Gasteiger partial charge in [0.05, 0.1) is 19.7 Å². The number of hydrogen-bond donors (Lipinski definition) is 1. The summed E-state index contributed by atoms with van der Waals surface area (Å²) < 4.78 is 6.09. The molecule has 1 N–H and O–H groups in total. The number of pyridine rings is 1. The van der Waals surface area contributed by atoms with Gasteiger partial charge in [-0.05, 0) is 49.4 Å². The van der Waals surface area contributed by atoms with Gasteiger partial charge >= 0.3 is 0 Å². The van der Waals surface area contributed by atoms with Gasteiger partial charge in [-0.25, -0.2) is 9.98 Å². The Morgan fingerprint density at radius 1 is 1.16 bits per heavy atom. The summed E-state index contributed by atoms with van der Waals surface area (Å²) in [6.07, 6.45) is 4.58. The second kappa shape index (κ2) is 11.7. The first-order valence-corrected chi connectivity index (χ1v) is 11.1. The second-order valence-corrected chi connectivity index (χ2v) is 8.05. The van der Waals surface area contributed by atoms with Gasteiger partial charge in [0.1, 0.15) is 11.9 Å². The molecule has 2 fully saturated rings. The molecule has 2 aromatic rings. The highest BCUT2D eigenvalue weighted by atomic mass is 127. The number of rotatable bonds is 5. The van der Waals surface area contributed by atoms with Gasteiger partial charge in [0, 0.05) is 32.4 Å². The molecule has 0 spiro atoms. The van der Waals surface area contributed by atoms with E-state index in [9.17, 15) is 0 Å². The third-order valence-corrected chi connectivity index (χ3v) is 5.89. The lowest BCUT2D eigenvalue weighted by Crippen LogP contribution is -2.48. The van der Waals surface area contributed by atoms with E-state index in [1.165, 1.54) is 24.0 Å². The monoisotopic (exact) mass is 535 g/mol. The Labute approximate surface area is 203 Å². The summed E-state index contributed by atoms with van der Waals surface area (Å²) in [7, 11) is 0. The standard InChI is InChI=1S/C24H33N5O.HI/c1-3-25-24(27-17-20-10-11-23(26-16-20)28-12-6-7-13-28)29-14-15-30-22(18-29)21-9-5-4-8-19(21)2;/h4-5,8-11,16,22H,3,6-7,12-15,17-18H2,1-2H3,(H,25,27);1H. The number of morpholine rings is 1. The maximum Gasteiger partial charge on any atom is 0.194 e. The van der Waals surface area contributed by atoms with Crippen LogP contribution < -0.4 is 10.2 Å². The lowest BCUT2D eigenvalue weighted by Gasteiger charge is -2.35. The number of hydrogen-bond acceptors (Lipinski definition) is 4. The maximum absolute atomic E-state index is 6.09. The van der Waals surface area contributed by atoms with E-state index in [4.69, 9.17) is 9.73 Å². The van der Waals surface area contributed by atoms with E-state index in [1.54, 1.807) is 0 Å². The summed E-state index contributed by atoms with van der Waals surface area (Å²) in [4.78, 5) is 14.2. The molecule has 7 heteroatoms. The van der Waals surface area contributed by atoms with Gasteiger partial charge in [-0.2, -0.15) is 0 Å². The van der Waals surface area contributed by atoms with Crippen LogP contribution in [-0.2, 0) is 11.3 Å². The minimum atomic E-state index is 0. The topological polar surface area (TPSA) is 53.0 Å². The van der Waals surface area contributed by atoms with Crippen LogP contribution in [0.15, 0.2) is 47.6 Å².